The number of carbonyl (C=O) groups is 1. The molecule has 2 rings (SSSR count). The molecule has 30 heavy (non-hydrogen) atoms. The predicted octanol–water partition coefficient (Wildman–Crippen LogP) is 4.79. The Hall–Kier alpha value is -3.20. The van der Waals surface area contributed by atoms with Gasteiger partial charge < -0.3 is 15.3 Å². The maximum absolute atomic E-state index is 13.6. The standard InChI is InChI=1S/C21H19F4NO4/c1-11-16(7-23)12(6-22)5-15(17(11)8-24)20(28)18(21(29)30)9-26-19-3-2-14(25)4-13(19)10-27/h2-5,9,27-28H,6-8,10H2,1H3,(H,29,30). The molecule has 160 valence electrons. The second-order valence-electron chi connectivity index (χ2n) is 6.32. The van der Waals surface area contributed by atoms with E-state index in [9.17, 15) is 37.7 Å². The zero-order valence-corrected chi connectivity index (χ0v) is 15.9. The minimum Gasteiger partial charge on any atom is -0.506 e. The first kappa shape index (κ1) is 23.1. The van der Waals surface area contributed by atoms with Crippen LogP contribution in [0.4, 0.5) is 23.2 Å². The summed E-state index contributed by atoms with van der Waals surface area (Å²) in [5.41, 5.74) is -1.25. The fraction of sp³-hybridized carbons (Fsp3) is 0.238. The Morgan fingerprint density at radius 1 is 1.03 bits per heavy atom. The molecule has 0 atom stereocenters. The lowest BCUT2D eigenvalue weighted by Gasteiger charge is -2.16. The molecule has 0 bridgehead atoms. The van der Waals surface area contributed by atoms with Gasteiger partial charge in [-0.05, 0) is 53.4 Å². The summed E-state index contributed by atoms with van der Waals surface area (Å²) in [4.78, 5) is 15.5. The number of halogens is 4. The molecule has 0 amide bonds. The van der Waals surface area contributed by atoms with Gasteiger partial charge in [-0.25, -0.2) is 22.4 Å². The maximum atomic E-state index is 13.6. The van der Waals surface area contributed by atoms with Crippen molar-refractivity contribution < 1.29 is 37.7 Å². The average Bonchev–Trinajstić information content (AvgIpc) is 2.73. The average molecular weight is 425 g/mol. The highest BCUT2D eigenvalue weighted by atomic mass is 19.1. The third-order valence-electron chi connectivity index (χ3n) is 4.63. The molecule has 0 radical (unpaired) electrons. The highest BCUT2D eigenvalue weighted by Crippen LogP contribution is 2.31. The van der Waals surface area contributed by atoms with Crippen LogP contribution in [-0.2, 0) is 31.4 Å². The third kappa shape index (κ3) is 4.68. The molecule has 2 aromatic rings. The number of hydrogen-bond acceptors (Lipinski definition) is 4. The van der Waals surface area contributed by atoms with Gasteiger partial charge in [-0.3, -0.25) is 4.99 Å². The van der Waals surface area contributed by atoms with Gasteiger partial charge in [-0.2, -0.15) is 0 Å². The van der Waals surface area contributed by atoms with Crippen molar-refractivity contribution in [2.45, 2.75) is 33.6 Å². The molecule has 0 spiro atoms. The van der Waals surface area contributed by atoms with Crippen LogP contribution >= 0.6 is 0 Å². The zero-order valence-electron chi connectivity index (χ0n) is 15.9. The number of carboxylic acid groups (broad SMARTS) is 1. The summed E-state index contributed by atoms with van der Waals surface area (Å²) in [7, 11) is 0. The van der Waals surface area contributed by atoms with Crippen molar-refractivity contribution in [3.05, 3.63) is 69.0 Å². The maximum Gasteiger partial charge on any atom is 0.341 e. The van der Waals surface area contributed by atoms with Crippen molar-refractivity contribution in [1.82, 2.24) is 0 Å². The second kappa shape index (κ2) is 10.0. The van der Waals surface area contributed by atoms with E-state index in [2.05, 4.69) is 4.99 Å². The Morgan fingerprint density at radius 2 is 1.70 bits per heavy atom. The van der Waals surface area contributed by atoms with Gasteiger partial charge in [0.2, 0.25) is 0 Å². The number of hydrogen-bond donors (Lipinski definition) is 3. The Labute approximate surface area is 169 Å². The Bertz CT molecular complexity index is 1020. The van der Waals surface area contributed by atoms with Crippen LogP contribution in [0.15, 0.2) is 34.8 Å². The topological polar surface area (TPSA) is 90.1 Å². The molecule has 2 aromatic carbocycles. The van der Waals surface area contributed by atoms with Crippen LogP contribution in [0.2, 0.25) is 0 Å². The first-order chi connectivity index (χ1) is 14.3. The highest BCUT2D eigenvalue weighted by molar-refractivity contribution is 6.14. The van der Waals surface area contributed by atoms with Crippen LogP contribution in [0.5, 0.6) is 0 Å². The summed E-state index contributed by atoms with van der Waals surface area (Å²) in [6.45, 7) is -2.52. The molecule has 0 fully saturated rings. The lowest BCUT2D eigenvalue weighted by atomic mass is 9.91. The smallest absolute Gasteiger partial charge is 0.341 e. The quantitative estimate of drug-likeness (QED) is 0.246. The number of carboxylic acids is 1. The molecule has 9 heteroatoms. The molecular weight excluding hydrogens is 406 g/mol. The van der Waals surface area contributed by atoms with Crippen LogP contribution in [0.1, 0.15) is 33.4 Å². The Balaban J connectivity index is 2.68. The first-order valence-electron chi connectivity index (χ1n) is 8.71. The molecule has 0 heterocycles. The summed E-state index contributed by atoms with van der Waals surface area (Å²) in [6.07, 6.45) is 0.750. The normalized spacial score (nSPS) is 12.3. The highest BCUT2D eigenvalue weighted by Gasteiger charge is 2.22. The summed E-state index contributed by atoms with van der Waals surface area (Å²) in [5, 5.41) is 29.3. The van der Waals surface area contributed by atoms with E-state index in [1.165, 1.54) is 13.0 Å². The summed E-state index contributed by atoms with van der Waals surface area (Å²) >= 11 is 0. The molecule has 5 nitrogen and oxygen atoms in total. The molecular formula is C21H19F4NO4. The fourth-order valence-corrected chi connectivity index (χ4v) is 2.97. The van der Waals surface area contributed by atoms with Gasteiger partial charge >= 0.3 is 5.97 Å². The number of rotatable bonds is 8. The molecule has 0 aromatic heterocycles. The van der Waals surface area contributed by atoms with Crippen LogP contribution in [-0.4, -0.2) is 27.5 Å². The van der Waals surface area contributed by atoms with Crippen molar-refractivity contribution in [3.63, 3.8) is 0 Å². The van der Waals surface area contributed by atoms with E-state index in [0.29, 0.717) is 0 Å². The van der Waals surface area contributed by atoms with Crippen molar-refractivity contribution in [2.75, 3.05) is 0 Å². The van der Waals surface area contributed by atoms with Gasteiger partial charge in [-0.1, -0.05) is 0 Å². The van der Waals surface area contributed by atoms with Crippen LogP contribution in [0.25, 0.3) is 5.76 Å². The predicted molar refractivity (Wildman–Crippen MR) is 103 cm³/mol. The molecule has 0 unspecified atom stereocenters. The molecule has 0 saturated carbocycles. The van der Waals surface area contributed by atoms with E-state index in [1.54, 1.807) is 0 Å². The number of aliphatic hydroxyl groups is 2. The summed E-state index contributed by atoms with van der Waals surface area (Å²) < 4.78 is 53.5. The largest absolute Gasteiger partial charge is 0.506 e. The van der Waals surface area contributed by atoms with Gasteiger partial charge in [0.1, 0.15) is 37.2 Å². The van der Waals surface area contributed by atoms with Crippen LogP contribution in [0.3, 0.4) is 0 Å². The molecule has 0 aliphatic carbocycles. The number of alkyl halides is 3. The van der Waals surface area contributed by atoms with E-state index >= 15 is 0 Å². The molecule has 0 aliphatic heterocycles. The molecule has 0 aliphatic rings. The van der Waals surface area contributed by atoms with Crippen molar-refractivity contribution >= 4 is 23.6 Å². The lowest BCUT2D eigenvalue weighted by molar-refractivity contribution is -0.132. The van der Waals surface area contributed by atoms with E-state index in [0.717, 1.165) is 24.4 Å². The SMILES string of the molecule is Cc1c(CF)c(CF)cc(C(O)=C(C=Nc2ccc(F)cc2CO)C(=O)O)c1CF. The van der Waals surface area contributed by atoms with Gasteiger partial charge in [0.15, 0.2) is 0 Å². The Morgan fingerprint density at radius 3 is 2.23 bits per heavy atom. The summed E-state index contributed by atoms with van der Waals surface area (Å²) in [6, 6.07) is 4.25. The van der Waals surface area contributed by atoms with Crippen molar-refractivity contribution in [2.24, 2.45) is 4.99 Å². The van der Waals surface area contributed by atoms with Gasteiger partial charge in [0.05, 0.1) is 12.3 Å². The zero-order chi connectivity index (χ0) is 22.4. The van der Waals surface area contributed by atoms with E-state index in [1.807, 2.05) is 0 Å². The fourth-order valence-electron chi connectivity index (χ4n) is 2.97. The Kier molecular flexibility index (Phi) is 7.71. The number of aliphatic imine (C=N–C) groups is 1. The van der Waals surface area contributed by atoms with Crippen molar-refractivity contribution in [3.8, 4) is 0 Å². The molecule has 3 N–H and O–H groups in total. The van der Waals surface area contributed by atoms with E-state index < -0.39 is 49.7 Å². The third-order valence-corrected chi connectivity index (χ3v) is 4.63. The van der Waals surface area contributed by atoms with E-state index in [-0.39, 0.29) is 39.1 Å². The monoisotopic (exact) mass is 425 g/mol. The summed E-state index contributed by atoms with van der Waals surface area (Å²) in [5.74, 6) is -3.15. The number of nitrogens with zero attached hydrogens (tertiary/aromatic N) is 1. The minimum absolute atomic E-state index is 0.0459. The van der Waals surface area contributed by atoms with Gasteiger partial charge in [-0.15, -0.1) is 0 Å². The number of aliphatic carboxylic acids is 1. The van der Waals surface area contributed by atoms with Crippen LogP contribution in [0, 0.1) is 12.7 Å². The van der Waals surface area contributed by atoms with Crippen molar-refractivity contribution in [1.29, 1.82) is 0 Å². The van der Waals surface area contributed by atoms with Gasteiger partial charge in [0.25, 0.3) is 0 Å². The minimum atomic E-state index is -1.62. The lowest BCUT2D eigenvalue weighted by Crippen LogP contribution is -2.09. The second-order valence-corrected chi connectivity index (χ2v) is 6.32. The first-order valence-corrected chi connectivity index (χ1v) is 8.71. The van der Waals surface area contributed by atoms with Gasteiger partial charge in [0, 0.05) is 17.3 Å². The van der Waals surface area contributed by atoms with Crippen LogP contribution < -0.4 is 0 Å². The van der Waals surface area contributed by atoms with E-state index in [4.69, 9.17) is 0 Å². The number of aliphatic hydroxyl groups excluding tert-OH is 2. The number of benzene rings is 2. The molecule has 0 saturated heterocycles.